The molecule has 0 aliphatic carbocycles. The number of hydrogen-bond acceptors (Lipinski definition) is 4. The van der Waals surface area contributed by atoms with E-state index in [1.54, 1.807) is 16.2 Å². The second-order valence-corrected chi connectivity index (χ2v) is 6.80. The number of β-amino-alcohol motifs (C(OH)–C–C–N with tert-alkyl or cyclic N) is 1. The first-order chi connectivity index (χ1) is 11.1. The minimum atomic E-state index is -0.612. The molecule has 1 N–H and O–H groups in total. The second kappa shape index (κ2) is 6.83. The number of hydrogen-bond donors (Lipinski definition) is 1. The Morgan fingerprint density at radius 2 is 2.09 bits per heavy atom. The molecule has 23 heavy (non-hydrogen) atoms. The van der Waals surface area contributed by atoms with Crippen LogP contribution < -0.4 is 0 Å². The van der Waals surface area contributed by atoms with Crippen molar-refractivity contribution in [1.82, 2.24) is 4.90 Å². The monoisotopic (exact) mass is 331 g/mol. The van der Waals surface area contributed by atoms with Crippen LogP contribution in [0.3, 0.4) is 0 Å². The third-order valence-corrected chi connectivity index (χ3v) is 5.08. The smallest absolute Gasteiger partial charge is 0.255 e. The summed E-state index contributed by atoms with van der Waals surface area (Å²) in [4.78, 5) is 15.7. The van der Waals surface area contributed by atoms with Gasteiger partial charge in [0.1, 0.15) is 6.10 Å². The Balaban J connectivity index is 1.87. The first-order valence-electron chi connectivity index (χ1n) is 7.84. The number of rotatable bonds is 4. The standard InChI is InChI=1S/C18H21NO3S/c1-3-22-16-10-19(9-15(16)20)18(21)14-11-23-12(2)17(14)13-7-5-4-6-8-13/h4-8,11,15-16,20H,3,9-10H2,1-2H3/t15-,16-/m1/s1. The van der Waals surface area contributed by atoms with E-state index in [-0.39, 0.29) is 12.0 Å². The van der Waals surface area contributed by atoms with E-state index in [4.69, 9.17) is 4.74 Å². The van der Waals surface area contributed by atoms with E-state index in [0.717, 1.165) is 16.0 Å². The maximum Gasteiger partial charge on any atom is 0.255 e. The predicted molar refractivity (Wildman–Crippen MR) is 91.8 cm³/mol. The summed E-state index contributed by atoms with van der Waals surface area (Å²) in [6, 6.07) is 9.97. The van der Waals surface area contributed by atoms with Gasteiger partial charge in [-0.25, -0.2) is 0 Å². The van der Waals surface area contributed by atoms with Gasteiger partial charge >= 0.3 is 0 Å². The minimum absolute atomic E-state index is 0.0329. The van der Waals surface area contributed by atoms with Gasteiger partial charge in [-0.2, -0.15) is 0 Å². The molecule has 1 amide bonds. The van der Waals surface area contributed by atoms with Crippen LogP contribution in [0.2, 0.25) is 0 Å². The van der Waals surface area contributed by atoms with Crippen molar-refractivity contribution in [2.24, 2.45) is 0 Å². The number of carbonyl (C=O) groups is 1. The van der Waals surface area contributed by atoms with Gasteiger partial charge in [-0.15, -0.1) is 11.3 Å². The molecule has 4 nitrogen and oxygen atoms in total. The number of likely N-dealkylation sites (tertiary alicyclic amines) is 1. The van der Waals surface area contributed by atoms with Crippen molar-refractivity contribution in [3.8, 4) is 11.1 Å². The van der Waals surface area contributed by atoms with Crippen LogP contribution in [0, 0.1) is 6.92 Å². The van der Waals surface area contributed by atoms with E-state index in [9.17, 15) is 9.90 Å². The number of ether oxygens (including phenoxy) is 1. The zero-order chi connectivity index (χ0) is 16.4. The molecule has 1 saturated heterocycles. The van der Waals surface area contributed by atoms with E-state index in [1.807, 2.05) is 49.6 Å². The number of aliphatic hydroxyl groups excluding tert-OH is 1. The summed E-state index contributed by atoms with van der Waals surface area (Å²) >= 11 is 1.58. The van der Waals surface area contributed by atoms with Gasteiger partial charge in [0.05, 0.1) is 11.7 Å². The molecule has 0 spiro atoms. The van der Waals surface area contributed by atoms with E-state index in [2.05, 4.69) is 0 Å². The third-order valence-electron chi connectivity index (χ3n) is 4.17. The molecule has 122 valence electrons. The first-order valence-corrected chi connectivity index (χ1v) is 8.72. The van der Waals surface area contributed by atoms with Gasteiger partial charge in [0.15, 0.2) is 0 Å². The summed E-state index contributed by atoms with van der Waals surface area (Å²) in [5.41, 5.74) is 2.76. The fourth-order valence-electron chi connectivity index (χ4n) is 3.05. The Kier molecular flexibility index (Phi) is 4.80. The first kappa shape index (κ1) is 16.2. The highest BCUT2D eigenvalue weighted by Gasteiger charge is 2.35. The zero-order valence-electron chi connectivity index (χ0n) is 13.4. The summed E-state index contributed by atoms with van der Waals surface area (Å²) in [6.45, 7) is 5.23. The van der Waals surface area contributed by atoms with Crippen molar-refractivity contribution in [3.63, 3.8) is 0 Å². The topological polar surface area (TPSA) is 49.8 Å². The molecule has 2 heterocycles. The summed E-state index contributed by atoms with van der Waals surface area (Å²) in [5.74, 6) is -0.0329. The quantitative estimate of drug-likeness (QED) is 0.937. The molecule has 0 saturated carbocycles. The number of aliphatic hydroxyl groups is 1. The fraction of sp³-hybridized carbons (Fsp3) is 0.389. The molecule has 1 aromatic carbocycles. The number of nitrogens with zero attached hydrogens (tertiary/aromatic N) is 1. The van der Waals surface area contributed by atoms with Crippen LogP contribution in [-0.4, -0.2) is 47.8 Å². The maximum absolute atomic E-state index is 12.9. The lowest BCUT2D eigenvalue weighted by Crippen LogP contribution is -2.30. The molecule has 2 aromatic rings. The fourth-order valence-corrected chi connectivity index (χ4v) is 3.91. The Morgan fingerprint density at radius 3 is 2.78 bits per heavy atom. The lowest BCUT2D eigenvalue weighted by atomic mass is 10.0. The molecule has 1 aliphatic heterocycles. The molecule has 0 radical (unpaired) electrons. The normalized spacial score (nSPS) is 20.9. The Bertz CT molecular complexity index is 683. The van der Waals surface area contributed by atoms with E-state index in [0.29, 0.717) is 25.3 Å². The zero-order valence-corrected chi connectivity index (χ0v) is 14.2. The number of benzene rings is 1. The average molecular weight is 331 g/mol. The number of amides is 1. The molecule has 1 aliphatic rings. The van der Waals surface area contributed by atoms with Gasteiger partial charge in [-0.3, -0.25) is 4.79 Å². The van der Waals surface area contributed by atoms with Gasteiger partial charge in [0, 0.05) is 35.5 Å². The molecule has 0 unspecified atom stereocenters. The van der Waals surface area contributed by atoms with Crippen LogP contribution in [-0.2, 0) is 4.74 Å². The van der Waals surface area contributed by atoms with Gasteiger partial charge in [0.25, 0.3) is 5.91 Å². The molecular weight excluding hydrogens is 310 g/mol. The van der Waals surface area contributed by atoms with Crippen molar-refractivity contribution >= 4 is 17.2 Å². The Labute approximate surface area is 140 Å². The second-order valence-electron chi connectivity index (χ2n) is 5.72. The molecular formula is C18H21NO3S. The highest BCUT2D eigenvalue weighted by atomic mass is 32.1. The molecule has 1 fully saturated rings. The van der Waals surface area contributed by atoms with Crippen LogP contribution in [0.4, 0.5) is 0 Å². The van der Waals surface area contributed by atoms with Gasteiger partial charge in [0.2, 0.25) is 0 Å². The van der Waals surface area contributed by atoms with Crippen LogP contribution >= 0.6 is 11.3 Å². The average Bonchev–Trinajstić information content (AvgIpc) is 3.11. The van der Waals surface area contributed by atoms with Crippen molar-refractivity contribution in [1.29, 1.82) is 0 Å². The summed E-state index contributed by atoms with van der Waals surface area (Å²) in [7, 11) is 0. The van der Waals surface area contributed by atoms with E-state index in [1.165, 1.54) is 0 Å². The Morgan fingerprint density at radius 1 is 1.35 bits per heavy atom. The van der Waals surface area contributed by atoms with Crippen molar-refractivity contribution in [3.05, 3.63) is 46.2 Å². The predicted octanol–water partition coefficient (Wildman–Crippen LogP) is 2.95. The van der Waals surface area contributed by atoms with Crippen molar-refractivity contribution in [2.45, 2.75) is 26.1 Å². The van der Waals surface area contributed by atoms with Crippen LogP contribution in [0.25, 0.3) is 11.1 Å². The summed E-state index contributed by atoms with van der Waals surface area (Å²) in [5, 5.41) is 12.0. The van der Waals surface area contributed by atoms with Crippen molar-refractivity contribution in [2.75, 3.05) is 19.7 Å². The maximum atomic E-state index is 12.9. The molecule has 1 aromatic heterocycles. The van der Waals surface area contributed by atoms with Crippen LogP contribution in [0.15, 0.2) is 35.7 Å². The lowest BCUT2D eigenvalue weighted by molar-refractivity contribution is -0.00237. The minimum Gasteiger partial charge on any atom is -0.388 e. The van der Waals surface area contributed by atoms with Gasteiger partial charge < -0.3 is 14.7 Å². The van der Waals surface area contributed by atoms with Gasteiger partial charge in [-0.05, 0) is 19.4 Å². The van der Waals surface area contributed by atoms with Crippen LogP contribution in [0.1, 0.15) is 22.2 Å². The Hall–Kier alpha value is -1.69. The van der Waals surface area contributed by atoms with Crippen LogP contribution in [0.5, 0.6) is 0 Å². The molecule has 0 bridgehead atoms. The lowest BCUT2D eigenvalue weighted by Gasteiger charge is -2.17. The highest BCUT2D eigenvalue weighted by molar-refractivity contribution is 7.10. The summed E-state index contributed by atoms with van der Waals surface area (Å²) in [6.07, 6.45) is -0.900. The SMILES string of the molecule is CCO[C@@H]1CN(C(=O)c2csc(C)c2-c2ccccc2)C[C@H]1O. The molecule has 5 heteroatoms. The van der Waals surface area contributed by atoms with Crippen molar-refractivity contribution < 1.29 is 14.6 Å². The third kappa shape index (κ3) is 3.17. The molecule has 2 atom stereocenters. The summed E-state index contributed by atoms with van der Waals surface area (Å²) < 4.78 is 5.51. The van der Waals surface area contributed by atoms with Gasteiger partial charge in [-0.1, -0.05) is 30.3 Å². The van der Waals surface area contributed by atoms with E-state index < -0.39 is 6.10 Å². The molecule has 3 rings (SSSR count). The number of thiophene rings is 1. The highest BCUT2D eigenvalue weighted by Crippen LogP contribution is 2.33. The largest absolute Gasteiger partial charge is 0.388 e. The number of aryl methyl sites for hydroxylation is 1. The number of carbonyl (C=O) groups excluding carboxylic acids is 1. The van der Waals surface area contributed by atoms with E-state index >= 15 is 0 Å².